The molecule has 136 valence electrons. The van der Waals surface area contributed by atoms with E-state index in [0.29, 0.717) is 27.1 Å². The van der Waals surface area contributed by atoms with Crippen LogP contribution in [0.1, 0.15) is 5.01 Å². The van der Waals surface area contributed by atoms with E-state index in [2.05, 4.69) is 16.4 Å². The van der Waals surface area contributed by atoms with Gasteiger partial charge in [-0.3, -0.25) is 0 Å². The molecule has 0 aliphatic carbocycles. The number of hydrogen-bond acceptors (Lipinski definition) is 6. The molecule has 0 aliphatic rings. The Labute approximate surface area is 166 Å². The lowest BCUT2D eigenvalue weighted by molar-refractivity contribution is 0.355. The van der Waals surface area contributed by atoms with Crippen LogP contribution in [0.2, 0.25) is 5.02 Å². The van der Waals surface area contributed by atoms with E-state index in [1.807, 2.05) is 35.7 Å². The van der Waals surface area contributed by atoms with E-state index in [1.165, 1.54) is 11.3 Å². The highest BCUT2D eigenvalue weighted by molar-refractivity contribution is 7.11. The van der Waals surface area contributed by atoms with Gasteiger partial charge in [0.05, 0.1) is 19.9 Å². The Morgan fingerprint density at radius 1 is 1.15 bits per heavy atom. The van der Waals surface area contributed by atoms with Crippen LogP contribution in [0, 0.1) is 11.3 Å². The monoisotopic (exact) mass is 397 g/mol. The van der Waals surface area contributed by atoms with Crippen molar-refractivity contribution in [2.24, 2.45) is 0 Å². The Bertz CT molecular complexity index is 1010. The lowest BCUT2D eigenvalue weighted by atomic mass is 10.2. The van der Waals surface area contributed by atoms with E-state index < -0.39 is 0 Å². The third-order valence-corrected chi connectivity index (χ3v) is 4.89. The van der Waals surface area contributed by atoms with Crippen LogP contribution in [0.5, 0.6) is 11.5 Å². The molecule has 27 heavy (non-hydrogen) atoms. The van der Waals surface area contributed by atoms with Gasteiger partial charge in [0.2, 0.25) is 0 Å². The van der Waals surface area contributed by atoms with E-state index in [4.69, 9.17) is 21.1 Å². The van der Waals surface area contributed by atoms with Crippen molar-refractivity contribution in [2.45, 2.75) is 0 Å². The number of nitriles is 1. The van der Waals surface area contributed by atoms with E-state index in [-0.39, 0.29) is 0 Å². The first kappa shape index (κ1) is 18.8. The van der Waals surface area contributed by atoms with E-state index >= 15 is 0 Å². The number of thiazole rings is 1. The number of hydrogen-bond donors (Lipinski definition) is 1. The predicted molar refractivity (Wildman–Crippen MR) is 109 cm³/mol. The summed E-state index contributed by atoms with van der Waals surface area (Å²) in [6.07, 6.45) is 1.63. The van der Waals surface area contributed by atoms with Crippen molar-refractivity contribution in [3.63, 3.8) is 0 Å². The zero-order valence-corrected chi connectivity index (χ0v) is 16.3. The number of rotatable bonds is 6. The van der Waals surface area contributed by atoms with Crippen LogP contribution in [0.25, 0.3) is 16.8 Å². The number of nitrogens with one attached hydrogen (secondary N) is 1. The Morgan fingerprint density at radius 2 is 1.89 bits per heavy atom. The topological polar surface area (TPSA) is 67.2 Å². The molecule has 1 N–H and O–H groups in total. The lowest BCUT2D eigenvalue weighted by Gasteiger charge is -2.09. The van der Waals surface area contributed by atoms with Gasteiger partial charge >= 0.3 is 0 Å². The summed E-state index contributed by atoms with van der Waals surface area (Å²) in [7, 11) is 3.16. The molecular weight excluding hydrogens is 382 g/mol. The van der Waals surface area contributed by atoms with Gasteiger partial charge in [-0.15, -0.1) is 11.3 Å². The first-order valence-corrected chi connectivity index (χ1v) is 9.21. The quantitative estimate of drug-likeness (QED) is 0.559. The highest BCUT2D eigenvalue weighted by atomic mass is 35.5. The number of aromatic nitrogens is 1. The summed E-state index contributed by atoms with van der Waals surface area (Å²) in [5, 5.41) is 15.8. The maximum atomic E-state index is 9.50. The second-order valence-electron chi connectivity index (χ2n) is 5.43. The average molecular weight is 398 g/mol. The fourth-order valence-corrected chi connectivity index (χ4v) is 3.29. The second-order valence-corrected chi connectivity index (χ2v) is 6.72. The van der Waals surface area contributed by atoms with Crippen molar-refractivity contribution < 1.29 is 9.47 Å². The van der Waals surface area contributed by atoms with Gasteiger partial charge in [-0.25, -0.2) is 4.98 Å². The van der Waals surface area contributed by atoms with Crippen LogP contribution in [-0.2, 0) is 0 Å². The lowest BCUT2D eigenvalue weighted by Crippen LogP contribution is -1.94. The van der Waals surface area contributed by atoms with Crippen LogP contribution < -0.4 is 14.8 Å². The molecule has 2 aromatic carbocycles. The van der Waals surface area contributed by atoms with Gasteiger partial charge in [0.15, 0.2) is 11.5 Å². The van der Waals surface area contributed by atoms with Crippen LogP contribution >= 0.6 is 22.9 Å². The second kappa shape index (κ2) is 8.58. The number of methoxy groups -OCH3 is 2. The first-order chi connectivity index (χ1) is 13.1. The summed E-state index contributed by atoms with van der Waals surface area (Å²) >= 11 is 7.33. The number of nitrogens with zero attached hydrogens (tertiary/aromatic N) is 2. The van der Waals surface area contributed by atoms with Gasteiger partial charge in [-0.05, 0) is 24.3 Å². The number of halogens is 1. The minimum Gasteiger partial charge on any atom is -0.493 e. The standard InChI is InChI=1S/C20H16ClN3O2S/c1-25-18-8-7-16(9-19(18)26-2)23-11-14(10-22)20-24-17(12-27-20)13-3-5-15(21)6-4-13/h3-9,11-12,23H,1-2H3. The normalized spacial score (nSPS) is 11.0. The number of benzene rings is 2. The molecule has 5 nitrogen and oxygen atoms in total. The third kappa shape index (κ3) is 4.40. The third-order valence-electron chi connectivity index (χ3n) is 3.76. The SMILES string of the molecule is COc1ccc(NC=C(C#N)c2nc(-c3ccc(Cl)cc3)cs2)cc1OC. The largest absolute Gasteiger partial charge is 0.493 e. The molecule has 0 bridgehead atoms. The van der Waals surface area contributed by atoms with Crippen LogP contribution in [0.3, 0.4) is 0 Å². The molecule has 0 saturated carbocycles. The van der Waals surface area contributed by atoms with Crippen molar-refractivity contribution in [3.8, 4) is 28.8 Å². The van der Waals surface area contributed by atoms with Gasteiger partial charge < -0.3 is 14.8 Å². The molecule has 7 heteroatoms. The number of allylic oxidation sites excluding steroid dienone is 1. The minimum atomic E-state index is 0.440. The van der Waals surface area contributed by atoms with Gasteiger partial charge in [-0.1, -0.05) is 23.7 Å². The van der Waals surface area contributed by atoms with Crippen molar-refractivity contribution in [3.05, 3.63) is 64.1 Å². The Kier molecular flexibility index (Phi) is 5.97. The fraction of sp³-hybridized carbons (Fsp3) is 0.100. The molecule has 3 rings (SSSR count). The molecular formula is C20H16ClN3O2S. The zero-order chi connectivity index (χ0) is 19.2. The maximum absolute atomic E-state index is 9.50. The zero-order valence-electron chi connectivity index (χ0n) is 14.7. The van der Waals surface area contributed by atoms with Crippen molar-refractivity contribution in [1.82, 2.24) is 4.98 Å². The van der Waals surface area contributed by atoms with E-state index in [9.17, 15) is 5.26 Å². The van der Waals surface area contributed by atoms with Crippen LogP contribution in [0.15, 0.2) is 54.0 Å². The van der Waals surface area contributed by atoms with E-state index in [1.54, 1.807) is 32.6 Å². The predicted octanol–water partition coefficient (Wildman–Crippen LogP) is 5.46. The Balaban J connectivity index is 1.81. The van der Waals surface area contributed by atoms with Gasteiger partial charge in [0, 0.05) is 33.9 Å². The summed E-state index contributed by atoms with van der Waals surface area (Å²) in [4.78, 5) is 4.55. The molecule has 1 aromatic heterocycles. The molecule has 0 amide bonds. The van der Waals surface area contributed by atoms with Crippen molar-refractivity contribution in [2.75, 3.05) is 19.5 Å². The van der Waals surface area contributed by atoms with Crippen LogP contribution in [-0.4, -0.2) is 19.2 Å². The number of anilines is 1. The first-order valence-electron chi connectivity index (χ1n) is 7.95. The average Bonchev–Trinajstić information content (AvgIpc) is 3.18. The highest BCUT2D eigenvalue weighted by Crippen LogP contribution is 2.30. The van der Waals surface area contributed by atoms with Gasteiger partial charge in [-0.2, -0.15) is 5.26 Å². The fourth-order valence-electron chi connectivity index (χ4n) is 2.37. The summed E-state index contributed by atoms with van der Waals surface area (Å²) in [5.74, 6) is 1.24. The summed E-state index contributed by atoms with van der Waals surface area (Å²) < 4.78 is 10.5. The van der Waals surface area contributed by atoms with Gasteiger partial charge in [0.25, 0.3) is 0 Å². The maximum Gasteiger partial charge on any atom is 0.162 e. The van der Waals surface area contributed by atoms with Crippen molar-refractivity contribution in [1.29, 1.82) is 5.26 Å². The summed E-state index contributed by atoms with van der Waals surface area (Å²) in [6, 6.07) is 15.0. The van der Waals surface area contributed by atoms with Crippen LogP contribution in [0.4, 0.5) is 5.69 Å². The summed E-state index contributed by atoms with van der Waals surface area (Å²) in [5.41, 5.74) is 2.97. The molecule has 3 aromatic rings. The smallest absolute Gasteiger partial charge is 0.162 e. The van der Waals surface area contributed by atoms with Gasteiger partial charge in [0.1, 0.15) is 16.6 Å². The molecule has 0 aliphatic heterocycles. The molecule has 0 fully saturated rings. The molecule has 0 spiro atoms. The molecule has 0 saturated heterocycles. The molecule has 0 atom stereocenters. The van der Waals surface area contributed by atoms with E-state index in [0.717, 1.165) is 16.9 Å². The Morgan fingerprint density at radius 3 is 2.56 bits per heavy atom. The minimum absolute atomic E-state index is 0.440. The highest BCUT2D eigenvalue weighted by Gasteiger charge is 2.10. The molecule has 1 heterocycles. The summed E-state index contributed by atoms with van der Waals surface area (Å²) in [6.45, 7) is 0. The number of ether oxygens (including phenoxy) is 2. The van der Waals surface area contributed by atoms with Crippen molar-refractivity contribution >= 4 is 34.2 Å². The molecule has 0 unspecified atom stereocenters. The molecule has 0 radical (unpaired) electrons. The Hall–Kier alpha value is -3.01.